The van der Waals surface area contributed by atoms with Gasteiger partial charge in [0.05, 0.1) is 17.7 Å². The van der Waals surface area contributed by atoms with Crippen molar-refractivity contribution in [3.8, 4) is 0 Å². The molecule has 21 heavy (non-hydrogen) atoms. The summed E-state index contributed by atoms with van der Waals surface area (Å²) in [6.45, 7) is 5.69. The molecule has 1 aliphatic rings. The van der Waals surface area contributed by atoms with Crippen molar-refractivity contribution in [3.05, 3.63) is 0 Å². The Morgan fingerprint density at radius 3 is 2.29 bits per heavy atom. The molecule has 124 valence electrons. The molecule has 6 nitrogen and oxygen atoms in total. The lowest BCUT2D eigenvalue weighted by Crippen LogP contribution is -2.39. The van der Waals surface area contributed by atoms with E-state index in [0.29, 0.717) is 6.42 Å². The molecule has 1 fully saturated rings. The fourth-order valence-electron chi connectivity index (χ4n) is 2.17. The Balaban J connectivity index is 2.85. The Labute approximate surface area is 125 Å². The Hall–Kier alpha value is 0.0249. The van der Waals surface area contributed by atoms with Gasteiger partial charge in [-0.05, 0) is 27.2 Å². The molecule has 0 spiro atoms. The van der Waals surface area contributed by atoms with Gasteiger partial charge < -0.3 is 24.4 Å². The summed E-state index contributed by atoms with van der Waals surface area (Å²) in [5.74, 6) is 0. The summed E-state index contributed by atoms with van der Waals surface area (Å²) in [5, 5.41) is 17.6. The maximum Gasteiger partial charge on any atom is 0.359 e. The number of aliphatic hydroxyl groups is 2. The highest BCUT2D eigenvalue weighted by atomic mass is 31.2. The lowest BCUT2D eigenvalue weighted by atomic mass is 9.90. The molecule has 0 saturated carbocycles. The van der Waals surface area contributed by atoms with Crippen LogP contribution in [0.15, 0.2) is 0 Å². The minimum Gasteiger partial charge on any atom is -0.387 e. The SMILES string of the molecule is B[C@@H]1O[C@H](CC(C)(CC)OP(=O)(O)C(C)(C)O)[C@@H](O)[C@H]1F. The molecule has 3 N–H and O–H groups in total. The molecule has 1 rings (SSSR count). The maximum absolute atomic E-state index is 13.6. The molecule has 0 bridgehead atoms. The molecule has 0 aliphatic carbocycles. The van der Waals surface area contributed by atoms with Crippen LogP contribution in [0.25, 0.3) is 0 Å². The van der Waals surface area contributed by atoms with Crippen molar-refractivity contribution in [2.75, 3.05) is 0 Å². The maximum atomic E-state index is 13.6. The third kappa shape index (κ3) is 4.27. The number of aliphatic hydroxyl groups excluding tert-OH is 1. The lowest BCUT2D eigenvalue weighted by molar-refractivity contribution is -0.0421. The van der Waals surface area contributed by atoms with E-state index in [1.807, 2.05) is 0 Å². The van der Waals surface area contributed by atoms with Crippen LogP contribution in [0.1, 0.15) is 40.5 Å². The summed E-state index contributed by atoms with van der Waals surface area (Å²) in [4.78, 5) is 9.87. The Morgan fingerprint density at radius 2 is 1.95 bits per heavy atom. The fraction of sp³-hybridized carbons (Fsp3) is 1.00. The van der Waals surface area contributed by atoms with Crippen molar-refractivity contribution >= 4 is 15.4 Å². The molecule has 2 unspecified atom stereocenters. The molecular weight excluding hydrogens is 301 g/mol. The molecule has 9 heteroatoms. The van der Waals surface area contributed by atoms with Gasteiger partial charge in [-0.3, -0.25) is 4.57 Å². The lowest BCUT2D eigenvalue weighted by Gasteiger charge is -2.36. The molecule has 0 aromatic carbocycles. The van der Waals surface area contributed by atoms with Crippen LogP contribution >= 0.6 is 7.60 Å². The first-order valence-corrected chi connectivity index (χ1v) is 8.64. The summed E-state index contributed by atoms with van der Waals surface area (Å²) in [6.07, 6.45) is -3.22. The predicted octanol–water partition coefficient (Wildman–Crippen LogP) is 0.533. The molecule has 1 saturated heterocycles. The second kappa shape index (κ2) is 6.26. The van der Waals surface area contributed by atoms with E-state index in [-0.39, 0.29) is 6.42 Å². The van der Waals surface area contributed by atoms with Gasteiger partial charge in [-0.15, -0.1) is 0 Å². The number of hydrogen-bond donors (Lipinski definition) is 3. The molecule has 0 amide bonds. The molecular formula is C12H25BFO6P. The van der Waals surface area contributed by atoms with Crippen LogP contribution in [0.4, 0.5) is 4.39 Å². The third-order valence-corrected chi connectivity index (χ3v) is 6.03. The first-order valence-electron chi connectivity index (χ1n) is 7.06. The summed E-state index contributed by atoms with van der Waals surface area (Å²) >= 11 is 0. The third-order valence-electron chi connectivity index (χ3n) is 3.96. The van der Waals surface area contributed by atoms with E-state index in [1.165, 1.54) is 21.7 Å². The van der Waals surface area contributed by atoms with E-state index in [0.717, 1.165) is 0 Å². The smallest absolute Gasteiger partial charge is 0.359 e. The van der Waals surface area contributed by atoms with E-state index in [9.17, 15) is 24.1 Å². The molecule has 1 aliphatic heterocycles. The molecule has 0 aromatic rings. The van der Waals surface area contributed by atoms with Crippen molar-refractivity contribution in [2.45, 2.75) is 75.9 Å². The standard InChI is InChI=1S/C12H25BFO6P/c1-5-12(4,20-21(17,18)11(2,3)16)6-7-9(15)8(14)10(13)19-7/h7-10,15-16H,5-6,13H2,1-4H3,(H,17,18)/t7-,8-,9-,10-,12?/m1/s1. The number of ether oxygens (including phenoxy) is 1. The molecule has 0 radical (unpaired) electrons. The average molecular weight is 326 g/mol. The quantitative estimate of drug-likeness (QED) is 0.487. The van der Waals surface area contributed by atoms with E-state index < -0.39 is 42.9 Å². The minimum atomic E-state index is -4.30. The zero-order valence-corrected chi connectivity index (χ0v) is 14.0. The summed E-state index contributed by atoms with van der Waals surface area (Å²) in [5.41, 5.74) is -1.13. The van der Waals surface area contributed by atoms with Crippen LogP contribution in [0.3, 0.4) is 0 Å². The van der Waals surface area contributed by atoms with Gasteiger partial charge in [0.2, 0.25) is 0 Å². The highest BCUT2D eigenvalue weighted by Gasteiger charge is 2.48. The van der Waals surface area contributed by atoms with Gasteiger partial charge >= 0.3 is 7.60 Å². The average Bonchev–Trinajstić information content (AvgIpc) is 2.55. The van der Waals surface area contributed by atoms with Crippen LogP contribution in [0, 0.1) is 0 Å². The van der Waals surface area contributed by atoms with Crippen LogP contribution in [0.5, 0.6) is 0 Å². The van der Waals surface area contributed by atoms with Gasteiger partial charge in [0.15, 0.2) is 5.34 Å². The number of hydrogen-bond acceptors (Lipinski definition) is 5. The van der Waals surface area contributed by atoms with E-state index in [1.54, 1.807) is 13.8 Å². The van der Waals surface area contributed by atoms with Crippen molar-refractivity contribution in [1.29, 1.82) is 0 Å². The number of alkyl halides is 1. The second-order valence-electron chi connectivity index (χ2n) is 6.43. The normalized spacial score (nSPS) is 36.2. The fourth-order valence-corrected chi connectivity index (χ4v) is 3.19. The van der Waals surface area contributed by atoms with Gasteiger partial charge in [0.25, 0.3) is 0 Å². The monoisotopic (exact) mass is 326 g/mol. The van der Waals surface area contributed by atoms with Gasteiger partial charge in [0, 0.05) is 6.42 Å². The van der Waals surface area contributed by atoms with E-state index >= 15 is 0 Å². The van der Waals surface area contributed by atoms with Crippen molar-refractivity contribution in [1.82, 2.24) is 0 Å². The zero-order valence-electron chi connectivity index (χ0n) is 13.1. The topological polar surface area (TPSA) is 96.2 Å². The molecule has 0 aromatic heterocycles. The number of rotatable bonds is 6. The Bertz CT molecular complexity index is 417. The van der Waals surface area contributed by atoms with Crippen LogP contribution in [0.2, 0.25) is 0 Å². The van der Waals surface area contributed by atoms with Crippen molar-refractivity contribution in [2.24, 2.45) is 0 Å². The van der Waals surface area contributed by atoms with Gasteiger partial charge in [-0.2, -0.15) is 0 Å². The van der Waals surface area contributed by atoms with Crippen molar-refractivity contribution < 1.29 is 33.3 Å². The van der Waals surface area contributed by atoms with Crippen LogP contribution in [-0.2, 0) is 13.8 Å². The molecule has 1 heterocycles. The summed E-state index contributed by atoms with van der Waals surface area (Å²) in [6, 6.07) is -0.735. The summed E-state index contributed by atoms with van der Waals surface area (Å²) < 4.78 is 36.3. The first kappa shape index (κ1) is 19.1. The van der Waals surface area contributed by atoms with Crippen LogP contribution in [-0.4, -0.2) is 58.3 Å². The Morgan fingerprint density at radius 1 is 1.43 bits per heavy atom. The van der Waals surface area contributed by atoms with E-state index in [4.69, 9.17) is 9.26 Å². The van der Waals surface area contributed by atoms with Crippen molar-refractivity contribution in [3.63, 3.8) is 0 Å². The van der Waals surface area contributed by atoms with Gasteiger partial charge in [-0.25, -0.2) is 4.39 Å². The van der Waals surface area contributed by atoms with Gasteiger partial charge in [0.1, 0.15) is 20.1 Å². The first-order chi connectivity index (χ1) is 9.33. The number of halogens is 1. The van der Waals surface area contributed by atoms with Gasteiger partial charge in [-0.1, -0.05) is 6.92 Å². The predicted molar refractivity (Wildman–Crippen MR) is 78.6 cm³/mol. The largest absolute Gasteiger partial charge is 0.387 e. The highest BCUT2D eigenvalue weighted by Crippen LogP contribution is 2.57. The van der Waals surface area contributed by atoms with Crippen LogP contribution < -0.4 is 0 Å². The minimum absolute atomic E-state index is 0.0516. The van der Waals surface area contributed by atoms with E-state index in [2.05, 4.69) is 0 Å². The molecule has 6 atom stereocenters. The highest BCUT2D eigenvalue weighted by molar-refractivity contribution is 7.54. The zero-order chi connectivity index (χ0) is 16.6. The summed E-state index contributed by atoms with van der Waals surface area (Å²) in [7, 11) is -2.78. The Kier molecular flexibility index (Phi) is 5.69. The second-order valence-corrected chi connectivity index (χ2v) is 8.75.